The van der Waals surface area contributed by atoms with E-state index in [0.29, 0.717) is 12.8 Å². The van der Waals surface area contributed by atoms with Crippen molar-refractivity contribution in [3.63, 3.8) is 0 Å². The molecule has 3 N–H and O–H groups in total. The highest BCUT2D eigenvalue weighted by molar-refractivity contribution is 7.91. The van der Waals surface area contributed by atoms with Crippen LogP contribution in [0.5, 0.6) is 0 Å². The Labute approximate surface area is 247 Å². The van der Waals surface area contributed by atoms with Gasteiger partial charge in [0.25, 0.3) is 12.4 Å². The van der Waals surface area contributed by atoms with Gasteiger partial charge in [-0.05, 0) is 48.3 Å². The van der Waals surface area contributed by atoms with Gasteiger partial charge < -0.3 is 20.3 Å². The van der Waals surface area contributed by atoms with Gasteiger partial charge >= 0.3 is 0 Å². The molecule has 0 spiro atoms. The van der Waals surface area contributed by atoms with Crippen LogP contribution in [0, 0.1) is 11.8 Å². The Bertz CT molecular complexity index is 1330. The van der Waals surface area contributed by atoms with Crippen molar-refractivity contribution in [2.45, 2.75) is 94.7 Å². The predicted octanol–water partition coefficient (Wildman–Crippen LogP) is 2.23. The van der Waals surface area contributed by atoms with Crippen LogP contribution in [0.25, 0.3) is 0 Å². The summed E-state index contributed by atoms with van der Waals surface area (Å²) in [6.45, 7) is 14.1. The van der Waals surface area contributed by atoms with Crippen molar-refractivity contribution in [2.75, 3.05) is 11.9 Å². The average molecular weight is 603 g/mol. The van der Waals surface area contributed by atoms with E-state index >= 15 is 0 Å². The molecule has 2 aliphatic carbocycles. The third-order valence-electron chi connectivity index (χ3n) is 8.35. The van der Waals surface area contributed by atoms with E-state index < -0.39 is 56.7 Å². The van der Waals surface area contributed by atoms with Crippen LogP contribution in [-0.4, -0.2) is 73.0 Å². The van der Waals surface area contributed by atoms with Crippen molar-refractivity contribution in [3.8, 4) is 0 Å². The zero-order valence-electron chi connectivity index (χ0n) is 24.9. The lowest BCUT2D eigenvalue weighted by Gasteiger charge is -2.32. The Kier molecular flexibility index (Phi) is 8.78. The van der Waals surface area contributed by atoms with Crippen molar-refractivity contribution in [1.82, 2.24) is 14.9 Å². The molecule has 3 fully saturated rings. The maximum absolute atomic E-state index is 14.0. The summed E-state index contributed by atoms with van der Waals surface area (Å²) in [4.78, 5) is 53.3. The van der Waals surface area contributed by atoms with E-state index in [1.807, 2.05) is 38.1 Å². The maximum atomic E-state index is 14.0. The molecule has 1 aromatic carbocycles. The molecule has 0 radical (unpaired) electrons. The minimum Gasteiger partial charge on any atom is -0.463 e. The summed E-state index contributed by atoms with van der Waals surface area (Å²) in [5.41, 5.74) is 0.378. The summed E-state index contributed by atoms with van der Waals surface area (Å²) in [5, 5.41) is 5.43. The normalized spacial score (nSPS) is 26.2. The highest BCUT2D eigenvalue weighted by Gasteiger charge is 2.62. The second-order valence-corrected chi connectivity index (χ2v) is 14.9. The summed E-state index contributed by atoms with van der Waals surface area (Å²) in [6.07, 6.45) is 1.98. The molecule has 11 nitrogen and oxygen atoms in total. The van der Waals surface area contributed by atoms with Crippen molar-refractivity contribution < 1.29 is 32.3 Å². The summed E-state index contributed by atoms with van der Waals surface area (Å²) in [7, 11) is -3.83. The van der Waals surface area contributed by atoms with E-state index in [1.54, 1.807) is 0 Å². The van der Waals surface area contributed by atoms with Crippen LogP contribution in [-0.2, 0) is 39.4 Å². The Morgan fingerprint density at radius 3 is 2.29 bits per heavy atom. The van der Waals surface area contributed by atoms with Gasteiger partial charge in [-0.25, -0.2) is 8.42 Å². The SMILES string of the molecule is C=C[C@@H]1C[C@]1(NC(=O)[C@@H]1C[C@@H](OC=O)CN1C(=O)[C@@H](Nc1ccc(C(C)(C)C)cc1)C(C)C)C(=O)NS(=O)(=O)C1CC1. The third-order valence-corrected chi connectivity index (χ3v) is 10.2. The number of anilines is 1. The molecule has 2 saturated carbocycles. The zero-order chi connectivity index (χ0) is 31.0. The second kappa shape index (κ2) is 11.7. The molecule has 0 aromatic heterocycles. The van der Waals surface area contributed by atoms with E-state index in [4.69, 9.17) is 4.74 Å². The van der Waals surface area contributed by atoms with Crippen molar-refractivity contribution in [3.05, 3.63) is 42.5 Å². The van der Waals surface area contributed by atoms with Crippen molar-refractivity contribution >= 4 is 39.9 Å². The molecular weight excluding hydrogens is 560 g/mol. The molecular formula is C30H42N4O7S. The number of carbonyl (C=O) groups is 4. The van der Waals surface area contributed by atoms with Crippen LogP contribution in [0.3, 0.4) is 0 Å². The van der Waals surface area contributed by atoms with Gasteiger partial charge in [-0.15, -0.1) is 6.58 Å². The molecule has 1 aromatic rings. The first-order valence-corrected chi connectivity index (χ1v) is 15.9. The third kappa shape index (κ3) is 6.63. The smallest absolute Gasteiger partial charge is 0.293 e. The number of nitrogens with one attached hydrogen (secondary N) is 3. The molecule has 4 rings (SSSR count). The van der Waals surface area contributed by atoms with Crippen LogP contribution in [0.2, 0.25) is 0 Å². The molecule has 0 unspecified atom stereocenters. The maximum Gasteiger partial charge on any atom is 0.293 e. The first-order valence-electron chi connectivity index (χ1n) is 14.4. The fourth-order valence-electron chi connectivity index (χ4n) is 5.42. The molecule has 12 heteroatoms. The van der Waals surface area contributed by atoms with Gasteiger partial charge in [0, 0.05) is 18.0 Å². The molecule has 3 amide bonds. The molecule has 5 atom stereocenters. The van der Waals surface area contributed by atoms with Crippen LogP contribution in [0.1, 0.15) is 65.9 Å². The lowest BCUT2D eigenvalue weighted by Crippen LogP contribution is -2.58. The van der Waals surface area contributed by atoms with Gasteiger partial charge in [0.2, 0.25) is 21.8 Å². The highest BCUT2D eigenvalue weighted by atomic mass is 32.2. The number of sulfonamides is 1. The van der Waals surface area contributed by atoms with E-state index in [9.17, 15) is 27.6 Å². The largest absolute Gasteiger partial charge is 0.463 e. The lowest BCUT2D eigenvalue weighted by molar-refractivity contribution is -0.141. The average Bonchev–Trinajstić information content (AvgIpc) is 3.83. The molecule has 1 heterocycles. The number of hydrogen-bond acceptors (Lipinski definition) is 8. The Hall–Kier alpha value is -3.41. The first kappa shape index (κ1) is 31.5. The first-order chi connectivity index (χ1) is 19.6. The van der Waals surface area contributed by atoms with Crippen LogP contribution in [0.15, 0.2) is 36.9 Å². The molecule has 3 aliphatic rings. The Morgan fingerprint density at radius 2 is 1.79 bits per heavy atom. The van der Waals surface area contributed by atoms with Gasteiger partial charge in [0.05, 0.1) is 11.8 Å². The quantitative estimate of drug-likeness (QED) is 0.243. The summed E-state index contributed by atoms with van der Waals surface area (Å²) < 4.78 is 32.2. The minimum absolute atomic E-state index is 0.00364. The van der Waals surface area contributed by atoms with Gasteiger partial charge in [-0.1, -0.05) is 52.8 Å². The Balaban J connectivity index is 1.53. The standard InChI is InChI=1S/C30H42N4O7S/c1-7-19-15-30(19,28(38)33-42(39,40)23-12-13-23)32-26(36)24-14-22(41-17-35)16-34(24)27(37)25(18(2)3)31-21-10-8-20(9-11-21)29(4,5)6/h7-11,17-19,22-25,31H,1,12-16H2,2-6H3,(H,32,36)(H,33,38)/t19-,22-,24+,25+,30-/m1/s1. The number of hydrogen-bond donors (Lipinski definition) is 3. The molecule has 0 bridgehead atoms. The molecule has 230 valence electrons. The number of ether oxygens (including phenoxy) is 1. The van der Waals surface area contributed by atoms with E-state index in [1.165, 1.54) is 11.0 Å². The number of rotatable bonds is 12. The van der Waals surface area contributed by atoms with Crippen molar-refractivity contribution in [1.29, 1.82) is 0 Å². The fourth-order valence-corrected chi connectivity index (χ4v) is 6.79. The van der Waals surface area contributed by atoms with Crippen LogP contribution < -0.4 is 15.4 Å². The predicted molar refractivity (Wildman–Crippen MR) is 158 cm³/mol. The monoisotopic (exact) mass is 602 g/mol. The molecule has 1 aliphatic heterocycles. The fraction of sp³-hybridized carbons (Fsp3) is 0.600. The van der Waals surface area contributed by atoms with Gasteiger partial charge in [0.15, 0.2) is 0 Å². The number of likely N-dealkylation sites (tertiary alicyclic amines) is 1. The van der Waals surface area contributed by atoms with Gasteiger partial charge in [0.1, 0.15) is 23.7 Å². The number of amides is 3. The van der Waals surface area contributed by atoms with Gasteiger partial charge in [-0.3, -0.25) is 23.9 Å². The summed E-state index contributed by atoms with van der Waals surface area (Å²) in [6, 6.07) is 6.10. The second-order valence-electron chi connectivity index (χ2n) is 13.0. The molecule has 42 heavy (non-hydrogen) atoms. The van der Waals surface area contributed by atoms with E-state index in [2.05, 4.69) is 42.7 Å². The minimum atomic E-state index is -3.83. The zero-order valence-corrected chi connectivity index (χ0v) is 25.7. The number of benzene rings is 1. The topological polar surface area (TPSA) is 151 Å². The van der Waals surface area contributed by atoms with Crippen molar-refractivity contribution in [2.24, 2.45) is 11.8 Å². The summed E-state index contributed by atoms with van der Waals surface area (Å²) >= 11 is 0. The number of carbonyl (C=O) groups excluding carboxylic acids is 4. The lowest BCUT2D eigenvalue weighted by atomic mass is 9.87. The summed E-state index contributed by atoms with van der Waals surface area (Å²) in [5.74, 6) is -2.42. The molecule has 1 saturated heterocycles. The van der Waals surface area contributed by atoms with Gasteiger partial charge in [-0.2, -0.15) is 0 Å². The van der Waals surface area contributed by atoms with Crippen LogP contribution in [0.4, 0.5) is 5.69 Å². The van der Waals surface area contributed by atoms with Crippen LogP contribution >= 0.6 is 0 Å². The number of nitrogens with zero attached hydrogens (tertiary/aromatic N) is 1. The van der Waals surface area contributed by atoms with E-state index in [-0.39, 0.29) is 43.1 Å². The highest BCUT2D eigenvalue weighted by Crippen LogP contribution is 2.45. The van der Waals surface area contributed by atoms with E-state index in [0.717, 1.165) is 11.3 Å². The Morgan fingerprint density at radius 1 is 1.14 bits per heavy atom.